The molecule has 0 spiro atoms. The van der Waals surface area contributed by atoms with E-state index in [4.69, 9.17) is 0 Å². The Morgan fingerprint density at radius 3 is 2.83 bits per heavy atom. The zero-order valence-corrected chi connectivity index (χ0v) is 13.8. The lowest BCUT2D eigenvalue weighted by Crippen LogP contribution is -2.42. The zero-order chi connectivity index (χ0) is 17.3. The first-order valence-electron chi connectivity index (χ1n) is 7.43. The molecule has 7 nitrogen and oxygen atoms in total. The molecule has 1 fully saturated rings. The second kappa shape index (κ2) is 6.33. The Kier molecular flexibility index (Phi) is 4.37. The monoisotopic (exact) mass is 352 g/mol. The third-order valence-corrected chi connectivity index (χ3v) is 5.19. The molecule has 1 unspecified atom stereocenters. The van der Waals surface area contributed by atoms with E-state index in [9.17, 15) is 17.6 Å². The minimum atomic E-state index is -3.45. The van der Waals surface area contributed by atoms with E-state index in [0.717, 1.165) is 6.26 Å². The molecule has 2 heterocycles. The van der Waals surface area contributed by atoms with Gasteiger partial charge >= 0.3 is 0 Å². The predicted octanol–water partition coefficient (Wildman–Crippen LogP) is 1.37. The zero-order valence-electron chi connectivity index (χ0n) is 13.0. The van der Waals surface area contributed by atoms with Crippen molar-refractivity contribution in [1.29, 1.82) is 0 Å². The number of hydrogen-bond acceptors (Lipinski definition) is 4. The van der Waals surface area contributed by atoms with Crippen LogP contribution in [0.5, 0.6) is 0 Å². The normalized spacial score (nSPS) is 18.7. The Morgan fingerprint density at radius 1 is 1.42 bits per heavy atom. The number of amides is 1. The number of nitrogens with zero attached hydrogens (tertiary/aromatic N) is 3. The second-order valence-corrected chi connectivity index (χ2v) is 7.57. The van der Waals surface area contributed by atoms with E-state index < -0.39 is 27.8 Å². The van der Waals surface area contributed by atoms with Crippen LogP contribution >= 0.6 is 0 Å². The fraction of sp³-hybridized carbons (Fsp3) is 0.333. The van der Waals surface area contributed by atoms with E-state index in [1.807, 2.05) is 0 Å². The standard InChI is InChI=1S/C15H17FN4O3S/c1-24(22,23)20-9-2-4-14(20)15(21)18-11-5-6-13(12(16)10-11)19-8-3-7-17-19/h3,5-8,10,14H,2,4,9H2,1H3,(H,18,21). The number of carbonyl (C=O) groups excluding carboxylic acids is 1. The molecule has 0 bridgehead atoms. The molecule has 128 valence electrons. The number of sulfonamides is 1. The lowest BCUT2D eigenvalue weighted by molar-refractivity contribution is -0.119. The Balaban J connectivity index is 1.77. The summed E-state index contributed by atoms with van der Waals surface area (Å²) < 4.78 is 40.2. The van der Waals surface area contributed by atoms with Crippen LogP contribution in [0.4, 0.5) is 10.1 Å². The number of hydrogen-bond donors (Lipinski definition) is 1. The number of anilines is 1. The topological polar surface area (TPSA) is 84.3 Å². The molecule has 2 aromatic rings. The summed E-state index contributed by atoms with van der Waals surface area (Å²) in [5.41, 5.74) is 0.533. The van der Waals surface area contributed by atoms with E-state index in [-0.39, 0.29) is 11.4 Å². The molecule has 1 aliphatic heterocycles. The van der Waals surface area contributed by atoms with Crippen LogP contribution in [0, 0.1) is 5.82 Å². The minimum absolute atomic E-state index is 0.261. The summed E-state index contributed by atoms with van der Waals surface area (Å²) in [6, 6.07) is 5.16. The molecule has 1 saturated heterocycles. The molecule has 1 aliphatic rings. The summed E-state index contributed by atoms with van der Waals surface area (Å²) in [5, 5.41) is 6.54. The first kappa shape index (κ1) is 16.6. The molecule has 0 saturated carbocycles. The van der Waals surface area contributed by atoms with Crippen molar-refractivity contribution in [3.63, 3.8) is 0 Å². The third kappa shape index (κ3) is 3.31. The van der Waals surface area contributed by atoms with Crippen molar-refractivity contribution < 1.29 is 17.6 Å². The van der Waals surface area contributed by atoms with Crippen molar-refractivity contribution in [1.82, 2.24) is 14.1 Å². The van der Waals surface area contributed by atoms with Gasteiger partial charge in [0.25, 0.3) is 0 Å². The van der Waals surface area contributed by atoms with Gasteiger partial charge in [0, 0.05) is 24.6 Å². The molecule has 9 heteroatoms. The highest BCUT2D eigenvalue weighted by Crippen LogP contribution is 2.23. The molecular formula is C15H17FN4O3S. The summed E-state index contributed by atoms with van der Waals surface area (Å²) >= 11 is 0. The van der Waals surface area contributed by atoms with Gasteiger partial charge in [-0.1, -0.05) is 0 Å². The fourth-order valence-electron chi connectivity index (χ4n) is 2.81. The van der Waals surface area contributed by atoms with E-state index >= 15 is 0 Å². The first-order chi connectivity index (χ1) is 11.4. The van der Waals surface area contributed by atoms with Crippen molar-refractivity contribution in [3.8, 4) is 5.69 Å². The smallest absolute Gasteiger partial charge is 0.242 e. The summed E-state index contributed by atoms with van der Waals surface area (Å²) in [6.45, 7) is 0.323. The maximum absolute atomic E-state index is 14.2. The van der Waals surface area contributed by atoms with Crippen LogP contribution in [0.3, 0.4) is 0 Å². The number of carbonyl (C=O) groups is 1. The average molecular weight is 352 g/mol. The Morgan fingerprint density at radius 2 is 2.21 bits per heavy atom. The SMILES string of the molecule is CS(=O)(=O)N1CCCC1C(=O)Nc1ccc(-n2cccn2)c(F)c1. The Labute approximate surface area is 139 Å². The predicted molar refractivity (Wildman–Crippen MR) is 86.7 cm³/mol. The van der Waals surface area contributed by atoms with Crippen molar-refractivity contribution in [2.75, 3.05) is 18.1 Å². The van der Waals surface area contributed by atoms with Crippen molar-refractivity contribution in [3.05, 3.63) is 42.5 Å². The van der Waals surface area contributed by atoms with Crippen molar-refractivity contribution >= 4 is 21.6 Å². The Bertz CT molecular complexity index is 852. The van der Waals surface area contributed by atoms with Crippen LogP contribution in [-0.4, -0.2) is 47.3 Å². The van der Waals surface area contributed by atoms with E-state index in [1.165, 1.54) is 27.3 Å². The van der Waals surface area contributed by atoms with Crippen LogP contribution in [0.1, 0.15) is 12.8 Å². The number of halogens is 1. The highest BCUT2D eigenvalue weighted by Gasteiger charge is 2.36. The van der Waals surface area contributed by atoms with Gasteiger partial charge in [0.1, 0.15) is 11.7 Å². The quantitative estimate of drug-likeness (QED) is 0.901. The van der Waals surface area contributed by atoms with E-state index in [0.29, 0.717) is 19.4 Å². The molecule has 1 amide bonds. The molecule has 1 atom stereocenters. The average Bonchev–Trinajstić information content (AvgIpc) is 3.18. The van der Waals surface area contributed by atoms with Gasteiger partial charge in [0.05, 0.1) is 6.26 Å². The van der Waals surface area contributed by atoms with Gasteiger partial charge < -0.3 is 5.32 Å². The summed E-state index contributed by atoms with van der Waals surface area (Å²) in [7, 11) is -3.45. The molecule has 24 heavy (non-hydrogen) atoms. The third-order valence-electron chi connectivity index (χ3n) is 3.90. The van der Waals surface area contributed by atoms with Gasteiger partial charge in [-0.2, -0.15) is 9.40 Å². The molecule has 1 N–H and O–H groups in total. The van der Waals surface area contributed by atoms with Gasteiger partial charge in [-0.25, -0.2) is 17.5 Å². The Hall–Kier alpha value is -2.26. The number of rotatable bonds is 4. The number of aromatic nitrogens is 2. The fourth-order valence-corrected chi connectivity index (χ4v) is 3.93. The minimum Gasteiger partial charge on any atom is -0.325 e. The van der Waals surface area contributed by atoms with Crippen LogP contribution in [-0.2, 0) is 14.8 Å². The molecule has 0 aliphatic carbocycles. The molecule has 3 rings (SSSR count). The van der Waals surface area contributed by atoms with Gasteiger partial charge in [0.15, 0.2) is 5.82 Å². The highest BCUT2D eigenvalue weighted by molar-refractivity contribution is 7.88. The van der Waals surface area contributed by atoms with E-state index in [2.05, 4.69) is 10.4 Å². The maximum atomic E-state index is 14.2. The number of benzene rings is 1. The van der Waals surface area contributed by atoms with Crippen LogP contribution < -0.4 is 5.32 Å². The molecular weight excluding hydrogens is 335 g/mol. The first-order valence-corrected chi connectivity index (χ1v) is 9.28. The number of nitrogens with one attached hydrogen (secondary N) is 1. The summed E-state index contributed by atoms with van der Waals surface area (Å²) in [6.07, 6.45) is 5.30. The summed E-state index contributed by atoms with van der Waals surface area (Å²) in [5.74, 6) is -0.993. The second-order valence-electron chi connectivity index (χ2n) is 5.64. The van der Waals surface area contributed by atoms with E-state index in [1.54, 1.807) is 18.3 Å². The van der Waals surface area contributed by atoms with Gasteiger partial charge in [-0.05, 0) is 37.1 Å². The van der Waals surface area contributed by atoms with Crippen LogP contribution in [0.25, 0.3) is 5.69 Å². The maximum Gasteiger partial charge on any atom is 0.242 e. The van der Waals surface area contributed by atoms with Crippen molar-refractivity contribution in [2.24, 2.45) is 0 Å². The largest absolute Gasteiger partial charge is 0.325 e. The molecule has 0 radical (unpaired) electrons. The van der Waals surface area contributed by atoms with Crippen LogP contribution in [0.2, 0.25) is 0 Å². The lowest BCUT2D eigenvalue weighted by atomic mass is 10.2. The molecule has 1 aromatic heterocycles. The van der Waals surface area contributed by atoms with Gasteiger partial charge in [-0.3, -0.25) is 4.79 Å². The highest BCUT2D eigenvalue weighted by atomic mass is 32.2. The van der Waals surface area contributed by atoms with Crippen LogP contribution in [0.15, 0.2) is 36.7 Å². The van der Waals surface area contributed by atoms with Gasteiger partial charge in [-0.15, -0.1) is 0 Å². The lowest BCUT2D eigenvalue weighted by Gasteiger charge is -2.21. The van der Waals surface area contributed by atoms with Gasteiger partial charge in [0.2, 0.25) is 15.9 Å². The molecule has 1 aromatic carbocycles. The van der Waals surface area contributed by atoms with Crippen molar-refractivity contribution in [2.45, 2.75) is 18.9 Å². The summed E-state index contributed by atoms with van der Waals surface area (Å²) in [4.78, 5) is 12.3.